The standard InChI is InChI=1S/C16H16O4/c17-15(18)12-3-1-2-4-13(12)16(19)20-14-8-6-10-5-7-11(14)9-10/h1-4,6,8,10-11,14H,5,7,9H2,(H,17,18)/t10-,11-,14-/m1/s1. The van der Waals surface area contributed by atoms with Crippen LogP contribution >= 0.6 is 0 Å². The third-order valence-corrected chi connectivity index (χ3v) is 4.17. The molecule has 0 heterocycles. The van der Waals surface area contributed by atoms with E-state index in [0.29, 0.717) is 11.8 Å². The van der Waals surface area contributed by atoms with E-state index in [9.17, 15) is 9.59 Å². The van der Waals surface area contributed by atoms with Crippen molar-refractivity contribution in [2.45, 2.75) is 25.4 Å². The van der Waals surface area contributed by atoms with Crippen molar-refractivity contribution in [1.29, 1.82) is 0 Å². The van der Waals surface area contributed by atoms with Gasteiger partial charge in [-0.3, -0.25) is 0 Å². The van der Waals surface area contributed by atoms with Gasteiger partial charge in [0.15, 0.2) is 0 Å². The van der Waals surface area contributed by atoms with Gasteiger partial charge in [-0.15, -0.1) is 0 Å². The van der Waals surface area contributed by atoms with Gasteiger partial charge in [-0.25, -0.2) is 9.59 Å². The molecule has 1 aromatic carbocycles. The zero-order valence-electron chi connectivity index (χ0n) is 11.0. The molecule has 0 saturated heterocycles. The number of carbonyl (C=O) groups excluding carboxylic acids is 1. The van der Waals surface area contributed by atoms with E-state index in [1.165, 1.54) is 12.1 Å². The predicted molar refractivity (Wildman–Crippen MR) is 72.6 cm³/mol. The minimum absolute atomic E-state index is 0.0124. The number of hydrogen-bond donors (Lipinski definition) is 1. The summed E-state index contributed by atoms with van der Waals surface area (Å²) in [6.45, 7) is 0. The summed E-state index contributed by atoms with van der Waals surface area (Å²) in [5.41, 5.74) is 0.107. The number of aromatic carboxylic acids is 1. The van der Waals surface area contributed by atoms with Crippen molar-refractivity contribution in [2.24, 2.45) is 11.8 Å². The van der Waals surface area contributed by atoms with E-state index < -0.39 is 11.9 Å². The van der Waals surface area contributed by atoms with Gasteiger partial charge in [0.1, 0.15) is 6.10 Å². The van der Waals surface area contributed by atoms with Crippen LogP contribution in [0, 0.1) is 11.8 Å². The summed E-state index contributed by atoms with van der Waals surface area (Å²) >= 11 is 0. The van der Waals surface area contributed by atoms with Crippen LogP contribution < -0.4 is 0 Å². The molecule has 0 unspecified atom stereocenters. The molecule has 2 aliphatic rings. The fourth-order valence-electron chi connectivity index (χ4n) is 3.12. The maximum atomic E-state index is 12.2. The summed E-state index contributed by atoms with van der Waals surface area (Å²) in [6.07, 6.45) is 7.13. The zero-order valence-corrected chi connectivity index (χ0v) is 11.0. The lowest BCUT2D eigenvalue weighted by atomic mass is 9.93. The Morgan fingerprint density at radius 1 is 1.10 bits per heavy atom. The highest BCUT2D eigenvalue weighted by molar-refractivity contribution is 6.02. The fraction of sp³-hybridized carbons (Fsp3) is 0.375. The Morgan fingerprint density at radius 2 is 1.85 bits per heavy atom. The topological polar surface area (TPSA) is 63.6 Å². The number of benzene rings is 1. The molecule has 1 aromatic rings. The van der Waals surface area contributed by atoms with Crippen molar-refractivity contribution in [3.8, 4) is 0 Å². The molecule has 1 fully saturated rings. The molecule has 3 rings (SSSR count). The number of esters is 1. The first-order valence-corrected chi connectivity index (χ1v) is 6.87. The van der Waals surface area contributed by atoms with E-state index in [1.54, 1.807) is 12.1 Å². The highest BCUT2D eigenvalue weighted by Gasteiger charge is 2.34. The first-order valence-electron chi connectivity index (χ1n) is 6.87. The van der Waals surface area contributed by atoms with Gasteiger partial charge < -0.3 is 9.84 Å². The second-order valence-electron chi connectivity index (χ2n) is 5.44. The Kier molecular flexibility index (Phi) is 3.30. The van der Waals surface area contributed by atoms with Crippen molar-refractivity contribution in [3.63, 3.8) is 0 Å². The number of allylic oxidation sites excluding steroid dienone is 1. The Hall–Kier alpha value is -2.10. The predicted octanol–water partition coefficient (Wildman–Crippen LogP) is 2.90. The van der Waals surface area contributed by atoms with Crippen molar-refractivity contribution in [2.75, 3.05) is 0 Å². The normalized spacial score (nSPS) is 27.3. The number of carboxylic acids is 1. The quantitative estimate of drug-likeness (QED) is 0.678. The van der Waals surface area contributed by atoms with Crippen LogP contribution in [0.5, 0.6) is 0 Å². The van der Waals surface area contributed by atoms with E-state index in [1.807, 2.05) is 6.08 Å². The fourth-order valence-corrected chi connectivity index (χ4v) is 3.12. The van der Waals surface area contributed by atoms with E-state index in [-0.39, 0.29) is 17.2 Å². The number of fused-ring (bicyclic) bond motifs is 2. The minimum Gasteiger partial charge on any atom is -0.478 e. The average Bonchev–Trinajstić information content (AvgIpc) is 2.84. The van der Waals surface area contributed by atoms with E-state index in [0.717, 1.165) is 19.3 Å². The third kappa shape index (κ3) is 2.33. The van der Waals surface area contributed by atoms with E-state index in [2.05, 4.69) is 6.08 Å². The molecule has 2 aliphatic carbocycles. The van der Waals surface area contributed by atoms with Crippen molar-refractivity contribution >= 4 is 11.9 Å². The summed E-state index contributed by atoms with van der Waals surface area (Å²) in [5.74, 6) is -0.659. The SMILES string of the molecule is O=C(O)c1ccccc1C(=O)O[C@@H]1C=C[C@H]2CC[C@@H]1C2. The molecule has 0 aromatic heterocycles. The van der Waals surface area contributed by atoms with E-state index >= 15 is 0 Å². The smallest absolute Gasteiger partial charge is 0.339 e. The molecule has 3 atom stereocenters. The highest BCUT2D eigenvalue weighted by Crippen LogP contribution is 2.39. The van der Waals surface area contributed by atoms with Crippen molar-refractivity contribution in [3.05, 3.63) is 47.5 Å². The van der Waals surface area contributed by atoms with Gasteiger partial charge in [0.2, 0.25) is 0 Å². The molecule has 104 valence electrons. The molecular formula is C16H16O4. The summed E-state index contributed by atoms with van der Waals surface area (Å²) < 4.78 is 5.51. The van der Waals surface area contributed by atoms with Crippen molar-refractivity contribution in [1.82, 2.24) is 0 Å². The zero-order chi connectivity index (χ0) is 14.1. The van der Waals surface area contributed by atoms with Gasteiger partial charge in [0.25, 0.3) is 0 Å². The molecule has 0 spiro atoms. The lowest BCUT2D eigenvalue weighted by Gasteiger charge is -2.24. The second kappa shape index (κ2) is 5.12. The molecule has 1 saturated carbocycles. The third-order valence-electron chi connectivity index (χ3n) is 4.17. The summed E-state index contributed by atoms with van der Waals surface area (Å²) in [4.78, 5) is 23.3. The molecule has 1 N–H and O–H groups in total. The van der Waals surface area contributed by atoms with Crippen LogP contribution in [-0.4, -0.2) is 23.1 Å². The van der Waals surface area contributed by atoms with E-state index in [4.69, 9.17) is 9.84 Å². The number of carbonyl (C=O) groups is 2. The van der Waals surface area contributed by atoms with Crippen LogP contribution in [0.15, 0.2) is 36.4 Å². The lowest BCUT2D eigenvalue weighted by Crippen LogP contribution is -2.26. The lowest BCUT2D eigenvalue weighted by molar-refractivity contribution is 0.0262. The van der Waals surface area contributed by atoms with Gasteiger partial charge in [0, 0.05) is 5.92 Å². The maximum absolute atomic E-state index is 12.2. The molecule has 0 aliphatic heterocycles. The number of ether oxygens (including phenoxy) is 1. The second-order valence-corrected chi connectivity index (χ2v) is 5.44. The summed E-state index contributed by atoms with van der Waals surface area (Å²) in [7, 11) is 0. The Morgan fingerprint density at radius 3 is 2.60 bits per heavy atom. The van der Waals surface area contributed by atoms with Gasteiger partial charge in [-0.2, -0.15) is 0 Å². The molecule has 4 heteroatoms. The number of carboxylic acid groups (broad SMARTS) is 1. The monoisotopic (exact) mass is 272 g/mol. The van der Waals surface area contributed by atoms with Crippen LogP contribution in [0.4, 0.5) is 0 Å². The number of rotatable bonds is 3. The van der Waals surface area contributed by atoms with Gasteiger partial charge in [-0.1, -0.05) is 18.2 Å². The Bertz CT molecular complexity index is 576. The van der Waals surface area contributed by atoms with Crippen LogP contribution in [0.2, 0.25) is 0 Å². The molecule has 2 bridgehead atoms. The summed E-state index contributed by atoms with van der Waals surface area (Å²) in [6, 6.07) is 6.16. The van der Waals surface area contributed by atoms with Gasteiger partial charge >= 0.3 is 11.9 Å². The van der Waals surface area contributed by atoms with Gasteiger partial charge in [0.05, 0.1) is 11.1 Å². The molecule has 4 nitrogen and oxygen atoms in total. The Labute approximate surface area is 117 Å². The minimum atomic E-state index is -1.11. The average molecular weight is 272 g/mol. The molecule has 0 radical (unpaired) electrons. The summed E-state index contributed by atoms with van der Waals surface area (Å²) in [5, 5.41) is 9.10. The van der Waals surface area contributed by atoms with Crippen molar-refractivity contribution < 1.29 is 19.4 Å². The first-order chi connectivity index (χ1) is 9.65. The Balaban J connectivity index is 1.78. The highest BCUT2D eigenvalue weighted by atomic mass is 16.5. The van der Waals surface area contributed by atoms with Crippen LogP contribution in [0.1, 0.15) is 40.0 Å². The maximum Gasteiger partial charge on any atom is 0.339 e. The molecule has 20 heavy (non-hydrogen) atoms. The number of hydrogen-bond acceptors (Lipinski definition) is 3. The van der Waals surface area contributed by atoms with Crippen LogP contribution in [0.25, 0.3) is 0 Å². The largest absolute Gasteiger partial charge is 0.478 e. The van der Waals surface area contributed by atoms with Crippen LogP contribution in [-0.2, 0) is 4.74 Å². The molecule has 0 amide bonds. The van der Waals surface area contributed by atoms with Gasteiger partial charge in [-0.05, 0) is 43.4 Å². The van der Waals surface area contributed by atoms with Crippen LogP contribution in [0.3, 0.4) is 0 Å². The molecular weight excluding hydrogens is 256 g/mol. The first kappa shape index (κ1) is 12.9.